The first-order valence-electron chi connectivity index (χ1n) is 7.92. The molecule has 0 fully saturated rings. The largest absolute Gasteiger partial charge is 0.399 e. The molecule has 4 N–H and O–H groups in total. The average molecular weight is 314 g/mol. The first kappa shape index (κ1) is 17.3. The van der Waals surface area contributed by atoms with Gasteiger partial charge in [-0.05, 0) is 55.7 Å². The summed E-state index contributed by atoms with van der Waals surface area (Å²) in [4.78, 5) is 1.99. The zero-order valence-corrected chi connectivity index (χ0v) is 14.1. The van der Waals surface area contributed by atoms with Crippen LogP contribution in [0.2, 0.25) is 0 Å². The number of nitrogens with two attached hydrogens (primary N) is 1. The molecular weight excluding hydrogens is 288 g/mol. The van der Waals surface area contributed by atoms with Gasteiger partial charge in [0.2, 0.25) is 0 Å². The number of aliphatic hydroxyl groups excluding tert-OH is 2. The fourth-order valence-electron chi connectivity index (χ4n) is 3.23. The third kappa shape index (κ3) is 3.84. The molecule has 0 aliphatic rings. The molecule has 2 aromatic rings. The van der Waals surface area contributed by atoms with E-state index in [4.69, 9.17) is 5.73 Å². The van der Waals surface area contributed by atoms with Crippen LogP contribution in [0.15, 0.2) is 30.3 Å². The van der Waals surface area contributed by atoms with Crippen LogP contribution in [0.3, 0.4) is 0 Å². The second-order valence-electron chi connectivity index (χ2n) is 5.98. The molecule has 0 aliphatic heterocycles. The van der Waals surface area contributed by atoms with E-state index in [-0.39, 0.29) is 13.2 Å². The molecular formula is C19H26N2O2. The number of aliphatic hydroxyl groups is 2. The summed E-state index contributed by atoms with van der Waals surface area (Å²) in [6, 6.07) is 10.1. The summed E-state index contributed by atoms with van der Waals surface area (Å²) in [6.07, 6.45) is 0. The van der Waals surface area contributed by atoms with E-state index < -0.39 is 0 Å². The van der Waals surface area contributed by atoms with Crippen molar-refractivity contribution < 1.29 is 10.2 Å². The minimum absolute atomic E-state index is 0.0374. The molecule has 0 aromatic heterocycles. The Morgan fingerprint density at radius 2 is 1.48 bits per heavy atom. The number of hydrogen-bond acceptors (Lipinski definition) is 4. The van der Waals surface area contributed by atoms with Crippen LogP contribution in [0.4, 0.5) is 11.4 Å². The zero-order chi connectivity index (χ0) is 17.0. The monoisotopic (exact) mass is 314 g/mol. The second kappa shape index (κ2) is 7.49. The molecule has 0 heterocycles. The number of anilines is 2. The first-order chi connectivity index (χ1) is 11.0. The van der Waals surface area contributed by atoms with Gasteiger partial charge in [-0.1, -0.05) is 17.7 Å². The fraction of sp³-hybridized carbons (Fsp3) is 0.368. The van der Waals surface area contributed by atoms with E-state index in [0.717, 1.165) is 11.3 Å². The van der Waals surface area contributed by atoms with Gasteiger partial charge in [-0.15, -0.1) is 0 Å². The molecule has 0 aliphatic carbocycles. The van der Waals surface area contributed by atoms with Crippen LogP contribution in [-0.4, -0.2) is 36.5 Å². The Bertz CT molecular complexity index is 654. The van der Waals surface area contributed by atoms with Gasteiger partial charge in [0, 0.05) is 30.0 Å². The van der Waals surface area contributed by atoms with Crippen molar-refractivity contribution in [1.82, 2.24) is 0 Å². The van der Waals surface area contributed by atoms with E-state index >= 15 is 0 Å². The van der Waals surface area contributed by atoms with Gasteiger partial charge in [0.05, 0.1) is 13.2 Å². The summed E-state index contributed by atoms with van der Waals surface area (Å²) in [5.74, 6) is 0. The van der Waals surface area contributed by atoms with Crippen molar-refractivity contribution in [3.05, 3.63) is 47.0 Å². The van der Waals surface area contributed by atoms with E-state index in [1.165, 1.54) is 22.3 Å². The average Bonchev–Trinajstić information content (AvgIpc) is 2.46. The van der Waals surface area contributed by atoms with Crippen LogP contribution in [0.25, 0.3) is 11.1 Å². The molecule has 0 saturated heterocycles. The Labute approximate surface area is 138 Å². The minimum atomic E-state index is 0.0374. The number of hydrogen-bond donors (Lipinski definition) is 3. The van der Waals surface area contributed by atoms with Crippen LogP contribution in [0.1, 0.15) is 16.7 Å². The molecule has 23 heavy (non-hydrogen) atoms. The summed E-state index contributed by atoms with van der Waals surface area (Å²) >= 11 is 0. The van der Waals surface area contributed by atoms with E-state index in [2.05, 4.69) is 32.9 Å². The van der Waals surface area contributed by atoms with E-state index in [9.17, 15) is 10.2 Å². The fourth-order valence-corrected chi connectivity index (χ4v) is 3.23. The molecule has 0 radical (unpaired) electrons. The summed E-state index contributed by atoms with van der Waals surface area (Å²) < 4.78 is 0. The molecule has 4 heteroatoms. The highest BCUT2D eigenvalue weighted by atomic mass is 16.3. The van der Waals surface area contributed by atoms with Crippen LogP contribution in [0.5, 0.6) is 0 Å². The van der Waals surface area contributed by atoms with Crippen LogP contribution < -0.4 is 10.6 Å². The minimum Gasteiger partial charge on any atom is -0.399 e. The van der Waals surface area contributed by atoms with Crippen LogP contribution in [-0.2, 0) is 0 Å². The highest BCUT2D eigenvalue weighted by Gasteiger charge is 2.16. The highest BCUT2D eigenvalue weighted by molar-refractivity contribution is 5.85. The number of nitrogen functional groups attached to an aromatic ring is 1. The molecule has 0 atom stereocenters. The highest BCUT2D eigenvalue weighted by Crippen LogP contribution is 2.37. The maximum Gasteiger partial charge on any atom is 0.0606 e. The molecule has 2 rings (SSSR count). The second-order valence-corrected chi connectivity index (χ2v) is 5.98. The maximum atomic E-state index is 9.34. The number of nitrogens with zero attached hydrogens (tertiary/aromatic N) is 1. The van der Waals surface area contributed by atoms with Gasteiger partial charge in [-0.2, -0.15) is 0 Å². The Morgan fingerprint density at radius 1 is 0.913 bits per heavy atom. The van der Waals surface area contributed by atoms with Gasteiger partial charge in [0.25, 0.3) is 0 Å². The van der Waals surface area contributed by atoms with Crippen molar-refractivity contribution in [2.45, 2.75) is 20.8 Å². The topological polar surface area (TPSA) is 69.7 Å². The number of aryl methyl sites for hydroxylation is 3. The van der Waals surface area contributed by atoms with Gasteiger partial charge in [0.1, 0.15) is 0 Å². The van der Waals surface area contributed by atoms with Gasteiger partial charge < -0.3 is 20.8 Å². The van der Waals surface area contributed by atoms with Crippen molar-refractivity contribution in [2.24, 2.45) is 0 Å². The quantitative estimate of drug-likeness (QED) is 0.717. The predicted octanol–water partition coefficient (Wildman–Crippen LogP) is 2.65. The summed E-state index contributed by atoms with van der Waals surface area (Å²) in [5.41, 5.74) is 13.5. The molecule has 0 spiro atoms. The first-order valence-corrected chi connectivity index (χ1v) is 7.92. The van der Waals surface area contributed by atoms with Gasteiger partial charge in [-0.3, -0.25) is 0 Å². The third-order valence-corrected chi connectivity index (χ3v) is 4.05. The van der Waals surface area contributed by atoms with Crippen LogP contribution in [0, 0.1) is 20.8 Å². The lowest BCUT2D eigenvalue weighted by atomic mass is 9.92. The van der Waals surface area contributed by atoms with E-state index in [1.807, 2.05) is 23.1 Å². The smallest absolute Gasteiger partial charge is 0.0606 e. The van der Waals surface area contributed by atoms with Crippen molar-refractivity contribution >= 4 is 11.4 Å². The molecule has 0 unspecified atom stereocenters. The SMILES string of the molecule is Cc1cc(C)c(-c2cc(N)ccc2N(CCO)CCO)c(C)c1. The van der Waals surface area contributed by atoms with E-state index in [1.54, 1.807) is 0 Å². The maximum absolute atomic E-state index is 9.34. The lowest BCUT2D eigenvalue weighted by Crippen LogP contribution is -2.30. The normalized spacial score (nSPS) is 10.8. The number of rotatable bonds is 6. The van der Waals surface area contributed by atoms with Crippen molar-refractivity contribution in [3.63, 3.8) is 0 Å². The Kier molecular flexibility index (Phi) is 5.64. The number of benzene rings is 2. The molecule has 124 valence electrons. The van der Waals surface area contributed by atoms with Gasteiger partial charge >= 0.3 is 0 Å². The van der Waals surface area contributed by atoms with Crippen molar-refractivity contribution in [2.75, 3.05) is 36.9 Å². The molecule has 0 saturated carbocycles. The van der Waals surface area contributed by atoms with Gasteiger partial charge in [-0.25, -0.2) is 0 Å². The summed E-state index contributed by atoms with van der Waals surface area (Å²) in [7, 11) is 0. The molecule has 4 nitrogen and oxygen atoms in total. The summed E-state index contributed by atoms with van der Waals surface area (Å²) in [5, 5.41) is 18.7. The molecule has 2 aromatic carbocycles. The standard InChI is InChI=1S/C19H26N2O2/c1-13-10-14(2)19(15(3)11-13)17-12-16(20)4-5-18(17)21(6-8-22)7-9-23/h4-5,10-12,22-23H,6-9,20H2,1-3H3. The predicted molar refractivity (Wildman–Crippen MR) is 96.9 cm³/mol. The Hall–Kier alpha value is -2.04. The van der Waals surface area contributed by atoms with Gasteiger partial charge in [0.15, 0.2) is 0 Å². The zero-order valence-electron chi connectivity index (χ0n) is 14.1. The Balaban J connectivity index is 2.64. The third-order valence-electron chi connectivity index (χ3n) is 4.05. The molecule has 0 bridgehead atoms. The van der Waals surface area contributed by atoms with Crippen molar-refractivity contribution in [1.29, 1.82) is 0 Å². The van der Waals surface area contributed by atoms with E-state index in [0.29, 0.717) is 18.8 Å². The lowest BCUT2D eigenvalue weighted by Gasteiger charge is -2.27. The summed E-state index contributed by atoms with van der Waals surface area (Å²) in [6.45, 7) is 7.32. The molecule has 0 amide bonds. The Morgan fingerprint density at radius 3 is 2.00 bits per heavy atom. The van der Waals surface area contributed by atoms with Crippen LogP contribution >= 0.6 is 0 Å². The van der Waals surface area contributed by atoms with Crippen molar-refractivity contribution in [3.8, 4) is 11.1 Å². The lowest BCUT2D eigenvalue weighted by molar-refractivity contribution is 0.281.